The molecule has 3 aromatic carbocycles. The minimum atomic E-state index is -0.270. The number of hydrogen-bond acceptors (Lipinski definition) is 3. The Kier molecular flexibility index (Phi) is 12.2. The molecule has 7 heteroatoms. The van der Waals surface area contributed by atoms with Gasteiger partial charge in [0.1, 0.15) is 5.75 Å². The summed E-state index contributed by atoms with van der Waals surface area (Å²) in [7, 11) is 0. The summed E-state index contributed by atoms with van der Waals surface area (Å²) in [6.07, 6.45) is 2.10. The molecule has 0 fully saturated rings. The fraction of sp³-hybridized carbons (Fsp3) is 0.333. The third-order valence-corrected chi connectivity index (χ3v) is 6.47. The topological polar surface area (TPSA) is 118 Å². The van der Waals surface area contributed by atoms with E-state index in [1.54, 1.807) is 0 Å². The van der Waals surface area contributed by atoms with Crippen molar-refractivity contribution in [3.63, 3.8) is 0 Å². The van der Waals surface area contributed by atoms with Gasteiger partial charge in [-0.1, -0.05) is 114 Å². The van der Waals surface area contributed by atoms with E-state index >= 15 is 0 Å². The largest absolute Gasteiger partial charge is 0.508 e. The molecule has 0 radical (unpaired) electrons. The van der Waals surface area contributed by atoms with Crippen LogP contribution in [0.4, 0.5) is 0 Å². The summed E-state index contributed by atoms with van der Waals surface area (Å²) < 4.78 is 0. The Bertz CT molecular complexity index is 1130. The highest BCUT2D eigenvalue weighted by atomic mass is 35.5. The Hall–Kier alpha value is -3.51. The molecule has 0 heterocycles. The van der Waals surface area contributed by atoms with Crippen LogP contribution in [0.1, 0.15) is 69.7 Å². The number of halogens is 1. The van der Waals surface area contributed by atoms with Crippen molar-refractivity contribution in [2.24, 2.45) is 5.73 Å². The Morgan fingerprint density at radius 1 is 0.811 bits per heavy atom. The van der Waals surface area contributed by atoms with Crippen LogP contribution in [0, 0.1) is 10.8 Å². The molecular weight excluding hydrogens is 482 g/mol. The molecule has 0 unspecified atom stereocenters. The normalized spacial score (nSPS) is 10.8. The maximum atomic E-state index is 10.6. The smallest absolute Gasteiger partial charge is 0.195 e. The van der Waals surface area contributed by atoms with E-state index in [9.17, 15) is 5.11 Å². The van der Waals surface area contributed by atoms with Gasteiger partial charge in [-0.25, -0.2) is 0 Å². The van der Waals surface area contributed by atoms with Crippen LogP contribution in [0.15, 0.2) is 78.9 Å². The first-order valence-electron chi connectivity index (χ1n) is 12.4. The van der Waals surface area contributed by atoms with E-state index in [-0.39, 0.29) is 35.2 Å². The van der Waals surface area contributed by atoms with Crippen molar-refractivity contribution >= 4 is 24.3 Å². The molecule has 0 saturated heterocycles. The van der Waals surface area contributed by atoms with E-state index < -0.39 is 0 Å². The first kappa shape index (κ1) is 31.5. The predicted octanol–water partition coefficient (Wildman–Crippen LogP) is 6.26. The summed E-state index contributed by atoms with van der Waals surface area (Å²) in [6.45, 7) is 11.6. The van der Waals surface area contributed by atoms with Crippen molar-refractivity contribution in [3.8, 4) is 5.75 Å². The lowest BCUT2D eigenvalue weighted by Gasteiger charge is -2.31. The molecule has 0 amide bonds. The van der Waals surface area contributed by atoms with Crippen LogP contribution in [-0.4, -0.2) is 23.6 Å². The molecule has 37 heavy (non-hydrogen) atoms. The average molecular weight is 524 g/mol. The van der Waals surface area contributed by atoms with Crippen LogP contribution >= 0.6 is 12.4 Å². The van der Waals surface area contributed by atoms with Gasteiger partial charge in [-0.15, -0.1) is 12.4 Å². The highest BCUT2D eigenvalue weighted by Gasteiger charge is 2.29. The summed E-state index contributed by atoms with van der Waals surface area (Å²) in [5.41, 5.74) is 9.22. The Morgan fingerprint density at radius 3 is 1.81 bits per heavy atom. The summed E-state index contributed by atoms with van der Waals surface area (Å²) in [5.74, 6) is 0.228. The number of nitrogens with one attached hydrogen (secondary N) is 4. The molecule has 6 nitrogen and oxygen atoms in total. The number of rotatable bonds is 7. The minimum absolute atomic E-state index is 0. The van der Waals surface area contributed by atoms with Crippen LogP contribution in [0.25, 0.3) is 0 Å². The number of benzene rings is 3. The van der Waals surface area contributed by atoms with Crippen molar-refractivity contribution in [1.29, 1.82) is 10.8 Å². The van der Waals surface area contributed by atoms with E-state index in [1.807, 2.05) is 36.4 Å². The van der Waals surface area contributed by atoms with Crippen molar-refractivity contribution in [2.45, 2.75) is 58.3 Å². The number of guanidine groups is 2. The molecule has 0 aliphatic carbocycles. The van der Waals surface area contributed by atoms with Crippen molar-refractivity contribution in [1.82, 2.24) is 10.6 Å². The van der Waals surface area contributed by atoms with Crippen molar-refractivity contribution < 1.29 is 5.11 Å². The zero-order valence-electron chi connectivity index (χ0n) is 22.6. The first-order valence-corrected chi connectivity index (χ1v) is 12.4. The summed E-state index contributed by atoms with van der Waals surface area (Å²) in [5, 5.41) is 29.6. The van der Waals surface area contributed by atoms with E-state index in [0.717, 1.165) is 24.9 Å². The number of unbranched alkanes of at least 4 members (excludes halogenated alkanes) is 1. The molecule has 0 bridgehead atoms. The van der Waals surface area contributed by atoms with Gasteiger partial charge in [-0.2, -0.15) is 0 Å². The van der Waals surface area contributed by atoms with Gasteiger partial charge >= 0.3 is 0 Å². The van der Waals surface area contributed by atoms with Gasteiger partial charge in [-0.3, -0.25) is 16.1 Å². The Balaban J connectivity index is 0.000000487. The maximum absolute atomic E-state index is 10.6. The lowest BCUT2D eigenvalue weighted by molar-refractivity contribution is 0.451. The molecular formula is C30H42ClN5O. The second-order valence-electron chi connectivity index (χ2n) is 9.91. The molecule has 0 atom stereocenters. The molecule has 3 rings (SSSR count). The third-order valence-electron chi connectivity index (χ3n) is 6.47. The van der Waals surface area contributed by atoms with Gasteiger partial charge in [-0.05, 0) is 29.2 Å². The summed E-state index contributed by atoms with van der Waals surface area (Å²) in [6, 6.07) is 26.9. The molecule has 7 N–H and O–H groups in total. The lowest BCUT2D eigenvalue weighted by atomic mass is 9.73. The number of phenols is 1. The van der Waals surface area contributed by atoms with E-state index in [2.05, 4.69) is 87.7 Å². The van der Waals surface area contributed by atoms with Gasteiger partial charge in [0.2, 0.25) is 0 Å². The van der Waals surface area contributed by atoms with E-state index in [4.69, 9.17) is 16.6 Å². The van der Waals surface area contributed by atoms with Crippen LogP contribution in [0.5, 0.6) is 5.75 Å². The second kappa shape index (κ2) is 14.3. The average Bonchev–Trinajstić information content (AvgIpc) is 2.85. The number of aromatic hydroxyl groups is 1. The molecule has 0 spiro atoms. The number of nitrogens with two attached hydrogens (primary N) is 1. The van der Waals surface area contributed by atoms with Gasteiger partial charge in [0.25, 0.3) is 0 Å². The van der Waals surface area contributed by atoms with Crippen LogP contribution in [0.3, 0.4) is 0 Å². The second-order valence-corrected chi connectivity index (χ2v) is 9.91. The van der Waals surface area contributed by atoms with Crippen molar-refractivity contribution in [3.05, 3.63) is 101 Å². The van der Waals surface area contributed by atoms with E-state index in [1.165, 1.54) is 16.7 Å². The van der Waals surface area contributed by atoms with Gasteiger partial charge < -0.3 is 16.2 Å². The molecule has 0 aliphatic heterocycles. The zero-order valence-corrected chi connectivity index (χ0v) is 23.4. The van der Waals surface area contributed by atoms with Crippen molar-refractivity contribution in [2.75, 3.05) is 6.54 Å². The quantitative estimate of drug-likeness (QED) is 0.124. The van der Waals surface area contributed by atoms with Crippen LogP contribution in [0.2, 0.25) is 0 Å². The monoisotopic (exact) mass is 523 g/mol. The van der Waals surface area contributed by atoms with Gasteiger partial charge in [0, 0.05) is 22.9 Å². The number of hydrogen-bond donors (Lipinski definition) is 6. The predicted molar refractivity (Wildman–Crippen MR) is 158 cm³/mol. The molecule has 0 saturated carbocycles. The maximum Gasteiger partial charge on any atom is 0.195 e. The lowest BCUT2D eigenvalue weighted by Crippen LogP contribution is -2.43. The highest BCUT2D eigenvalue weighted by molar-refractivity contribution is 5.94. The number of phenolic OH excluding ortho intramolecular Hbond substituents is 1. The first-order chi connectivity index (χ1) is 17.0. The highest BCUT2D eigenvalue weighted by Crippen LogP contribution is 2.40. The summed E-state index contributed by atoms with van der Waals surface area (Å²) in [4.78, 5) is 0. The fourth-order valence-electron chi connectivity index (χ4n) is 4.03. The van der Waals surface area contributed by atoms with Gasteiger partial charge in [0.05, 0.1) is 0 Å². The zero-order chi connectivity index (χ0) is 26.8. The van der Waals surface area contributed by atoms with Gasteiger partial charge in [0.15, 0.2) is 11.9 Å². The minimum Gasteiger partial charge on any atom is -0.508 e. The summed E-state index contributed by atoms with van der Waals surface area (Å²) >= 11 is 0. The Morgan fingerprint density at radius 2 is 1.32 bits per heavy atom. The molecule has 200 valence electrons. The standard InChI is InChI=1S/C24H26O.C6H15N5.ClH/c1-23(2,18-11-7-5-8-12-18)20-15-16-22(25)21(17-20)24(3,4)19-13-9-6-10-14-19;1-2-3-4-10-6(9)11-5(7)8;/h5-17,25H,1-4H3;2-4H2,1H3,(H6,7,8,9,10,11);1H. The third kappa shape index (κ3) is 8.83. The Labute approximate surface area is 228 Å². The molecule has 0 aromatic heterocycles. The van der Waals surface area contributed by atoms with E-state index in [0.29, 0.717) is 5.75 Å². The molecule has 0 aliphatic rings. The molecule has 3 aromatic rings. The van der Waals surface area contributed by atoms with Crippen LogP contribution < -0.4 is 16.4 Å². The SMILES string of the molecule is CC(C)(c1ccccc1)c1ccc(O)c(C(C)(C)c2ccccc2)c1.CCCCNC(=N)NC(=N)N.Cl. The van der Waals surface area contributed by atoms with Crippen LogP contribution in [-0.2, 0) is 10.8 Å². The fourth-order valence-corrected chi connectivity index (χ4v) is 4.03.